The Kier molecular flexibility index (Phi) is 5.45. The molecule has 0 bridgehead atoms. The molecule has 2 aliphatic rings. The molecule has 0 saturated carbocycles. The van der Waals surface area contributed by atoms with Gasteiger partial charge in [-0.1, -0.05) is 13.3 Å². The molecule has 2 aromatic heterocycles. The number of hydrogen-bond donors (Lipinski definition) is 2. The Labute approximate surface area is 154 Å². The molecule has 1 atom stereocenters. The van der Waals surface area contributed by atoms with Gasteiger partial charge in [0.1, 0.15) is 0 Å². The number of aromatic nitrogens is 4. The number of rotatable bonds is 7. The van der Waals surface area contributed by atoms with E-state index in [4.69, 9.17) is 4.74 Å². The van der Waals surface area contributed by atoms with Crippen LogP contribution in [0.15, 0.2) is 12.4 Å². The van der Waals surface area contributed by atoms with Crippen LogP contribution in [0, 0.1) is 0 Å². The fourth-order valence-electron chi connectivity index (χ4n) is 3.79. The van der Waals surface area contributed by atoms with Crippen LogP contribution < -0.4 is 5.32 Å². The molecular formula is C19H28N6O. The third-order valence-electron chi connectivity index (χ3n) is 5.21. The topological polar surface area (TPSA) is 79.0 Å². The van der Waals surface area contributed by atoms with E-state index in [-0.39, 0.29) is 0 Å². The number of fused-ring (bicyclic) bond motifs is 1. The molecule has 0 radical (unpaired) electrons. The summed E-state index contributed by atoms with van der Waals surface area (Å²) in [5.74, 6) is 0.685. The van der Waals surface area contributed by atoms with E-state index in [1.54, 1.807) is 0 Å². The van der Waals surface area contributed by atoms with Gasteiger partial charge in [-0.3, -0.25) is 10.00 Å². The van der Waals surface area contributed by atoms with Crippen molar-refractivity contribution in [3.05, 3.63) is 34.9 Å². The molecule has 7 nitrogen and oxygen atoms in total. The van der Waals surface area contributed by atoms with Crippen molar-refractivity contribution in [1.29, 1.82) is 0 Å². The second kappa shape index (κ2) is 8.14. The first kappa shape index (κ1) is 17.4. The number of anilines is 1. The summed E-state index contributed by atoms with van der Waals surface area (Å²) in [6.07, 6.45) is 9.66. The van der Waals surface area contributed by atoms with Crippen LogP contribution in [-0.2, 0) is 30.7 Å². The summed E-state index contributed by atoms with van der Waals surface area (Å²) in [4.78, 5) is 11.4. The molecule has 4 heterocycles. The van der Waals surface area contributed by atoms with Gasteiger partial charge in [0.15, 0.2) is 0 Å². The maximum Gasteiger partial charge on any atom is 0.222 e. The Morgan fingerprint density at radius 3 is 3.00 bits per heavy atom. The molecule has 2 N–H and O–H groups in total. The quantitative estimate of drug-likeness (QED) is 0.792. The normalized spacial score (nSPS) is 20.3. The summed E-state index contributed by atoms with van der Waals surface area (Å²) < 4.78 is 5.62. The van der Waals surface area contributed by atoms with Crippen molar-refractivity contribution in [2.45, 2.75) is 58.2 Å². The van der Waals surface area contributed by atoms with Crippen molar-refractivity contribution in [3.63, 3.8) is 0 Å². The first-order chi connectivity index (χ1) is 12.8. The van der Waals surface area contributed by atoms with Crippen LogP contribution >= 0.6 is 0 Å². The summed E-state index contributed by atoms with van der Waals surface area (Å²) in [6.45, 7) is 6.74. The van der Waals surface area contributed by atoms with E-state index in [2.05, 4.69) is 37.3 Å². The minimum atomic E-state index is 0.299. The third kappa shape index (κ3) is 4.04. The lowest BCUT2D eigenvalue weighted by Gasteiger charge is -2.26. The van der Waals surface area contributed by atoms with Gasteiger partial charge in [0.25, 0.3) is 0 Å². The summed E-state index contributed by atoms with van der Waals surface area (Å²) in [5, 5.41) is 11.0. The highest BCUT2D eigenvalue weighted by atomic mass is 16.5. The second-order valence-electron chi connectivity index (χ2n) is 7.27. The molecule has 1 fully saturated rings. The molecule has 2 aliphatic heterocycles. The molecule has 26 heavy (non-hydrogen) atoms. The van der Waals surface area contributed by atoms with Crippen LogP contribution in [0.5, 0.6) is 0 Å². The van der Waals surface area contributed by atoms with Gasteiger partial charge in [0, 0.05) is 68.4 Å². The highest BCUT2D eigenvalue weighted by molar-refractivity contribution is 5.28. The van der Waals surface area contributed by atoms with Crippen LogP contribution in [0.1, 0.15) is 48.7 Å². The fourth-order valence-corrected chi connectivity index (χ4v) is 3.79. The molecule has 0 unspecified atom stereocenters. The van der Waals surface area contributed by atoms with Crippen LogP contribution in [-0.4, -0.2) is 50.9 Å². The standard InChI is InChI=1S/C19H28N6O/c1-2-4-17-16-13-25(7-6-18(16)24-23-17)12-14-9-20-19(21-10-14)22-11-15-5-3-8-26-15/h9-10,15H,2-8,11-13H2,1H3,(H,23,24)(H,20,21,22)/t15-/m0/s1. The lowest BCUT2D eigenvalue weighted by molar-refractivity contribution is 0.120. The molecular weight excluding hydrogens is 328 g/mol. The molecule has 0 aromatic carbocycles. The molecule has 0 aliphatic carbocycles. The SMILES string of the molecule is CCCc1n[nH]c2c1CN(Cc1cnc(NC[C@@H]3CCCO3)nc1)CC2. The molecule has 2 aromatic rings. The Balaban J connectivity index is 1.32. The first-order valence-corrected chi connectivity index (χ1v) is 9.75. The van der Waals surface area contributed by atoms with E-state index in [0.717, 1.165) is 70.5 Å². The average Bonchev–Trinajstić information content (AvgIpc) is 3.32. The minimum absolute atomic E-state index is 0.299. The molecule has 7 heteroatoms. The van der Waals surface area contributed by atoms with E-state index in [0.29, 0.717) is 12.1 Å². The average molecular weight is 356 g/mol. The van der Waals surface area contributed by atoms with Crippen LogP contribution in [0.4, 0.5) is 5.95 Å². The lowest BCUT2D eigenvalue weighted by atomic mass is 10.0. The second-order valence-corrected chi connectivity index (χ2v) is 7.27. The third-order valence-corrected chi connectivity index (χ3v) is 5.21. The zero-order valence-electron chi connectivity index (χ0n) is 15.5. The van der Waals surface area contributed by atoms with Crippen molar-refractivity contribution in [1.82, 2.24) is 25.1 Å². The van der Waals surface area contributed by atoms with Crippen molar-refractivity contribution in [2.75, 3.05) is 25.0 Å². The van der Waals surface area contributed by atoms with Gasteiger partial charge < -0.3 is 10.1 Å². The number of aromatic amines is 1. The zero-order valence-corrected chi connectivity index (χ0v) is 15.5. The van der Waals surface area contributed by atoms with E-state index in [1.807, 2.05) is 12.4 Å². The zero-order chi connectivity index (χ0) is 17.8. The summed E-state index contributed by atoms with van der Waals surface area (Å²) in [5.41, 5.74) is 5.09. The smallest absolute Gasteiger partial charge is 0.222 e. The minimum Gasteiger partial charge on any atom is -0.376 e. The van der Waals surface area contributed by atoms with E-state index < -0.39 is 0 Å². The highest BCUT2D eigenvalue weighted by Crippen LogP contribution is 2.22. The van der Waals surface area contributed by atoms with Crippen molar-refractivity contribution in [3.8, 4) is 0 Å². The summed E-state index contributed by atoms with van der Waals surface area (Å²) >= 11 is 0. The van der Waals surface area contributed by atoms with Crippen LogP contribution in [0.25, 0.3) is 0 Å². The van der Waals surface area contributed by atoms with Crippen molar-refractivity contribution >= 4 is 5.95 Å². The Morgan fingerprint density at radius 1 is 1.35 bits per heavy atom. The monoisotopic (exact) mass is 356 g/mol. The predicted octanol–water partition coefficient (Wildman–Crippen LogP) is 2.30. The first-order valence-electron chi connectivity index (χ1n) is 9.75. The molecule has 4 rings (SSSR count). The summed E-state index contributed by atoms with van der Waals surface area (Å²) in [6, 6.07) is 0. The Bertz CT molecular complexity index is 707. The highest BCUT2D eigenvalue weighted by Gasteiger charge is 2.22. The van der Waals surface area contributed by atoms with Crippen molar-refractivity contribution < 1.29 is 4.74 Å². The Hall–Kier alpha value is -1.99. The molecule has 140 valence electrons. The van der Waals surface area contributed by atoms with Gasteiger partial charge in [0.05, 0.1) is 11.8 Å². The van der Waals surface area contributed by atoms with E-state index >= 15 is 0 Å². The fraction of sp³-hybridized carbons (Fsp3) is 0.632. The Morgan fingerprint density at radius 2 is 2.23 bits per heavy atom. The van der Waals surface area contributed by atoms with Gasteiger partial charge in [-0.2, -0.15) is 5.10 Å². The molecule has 0 amide bonds. The number of H-pyrrole nitrogens is 1. The summed E-state index contributed by atoms with van der Waals surface area (Å²) in [7, 11) is 0. The van der Waals surface area contributed by atoms with Gasteiger partial charge >= 0.3 is 0 Å². The van der Waals surface area contributed by atoms with Crippen LogP contribution in [0.2, 0.25) is 0 Å². The number of hydrogen-bond acceptors (Lipinski definition) is 6. The largest absolute Gasteiger partial charge is 0.376 e. The van der Waals surface area contributed by atoms with Gasteiger partial charge in [-0.05, 0) is 19.3 Å². The van der Waals surface area contributed by atoms with E-state index in [1.165, 1.54) is 17.0 Å². The van der Waals surface area contributed by atoms with Gasteiger partial charge in [-0.15, -0.1) is 0 Å². The van der Waals surface area contributed by atoms with Crippen LogP contribution in [0.3, 0.4) is 0 Å². The lowest BCUT2D eigenvalue weighted by Crippen LogP contribution is -2.30. The number of nitrogens with zero attached hydrogens (tertiary/aromatic N) is 4. The van der Waals surface area contributed by atoms with Gasteiger partial charge in [-0.25, -0.2) is 9.97 Å². The predicted molar refractivity (Wildman–Crippen MR) is 99.9 cm³/mol. The number of aryl methyl sites for hydroxylation is 1. The number of ether oxygens (including phenoxy) is 1. The maximum absolute atomic E-state index is 5.62. The molecule has 1 saturated heterocycles. The van der Waals surface area contributed by atoms with E-state index in [9.17, 15) is 0 Å². The number of nitrogens with one attached hydrogen (secondary N) is 2. The molecule has 0 spiro atoms. The van der Waals surface area contributed by atoms with Crippen molar-refractivity contribution in [2.24, 2.45) is 0 Å². The maximum atomic E-state index is 5.62. The van der Waals surface area contributed by atoms with Gasteiger partial charge in [0.2, 0.25) is 5.95 Å².